The molecule has 1 heterocycles. The predicted molar refractivity (Wildman–Crippen MR) is 48.0 cm³/mol. The number of carbonyl (C=O) groups is 1. The van der Waals surface area contributed by atoms with Crippen molar-refractivity contribution in [2.24, 2.45) is 0 Å². The van der Waals surface area contributed by atoms with Crippen LogP contribution >= 0.6 is 0 Å². The van der Waals surface area contributed by atoms with E-state index in [9.17, 15) is 4.79 Å². The highest BCUT2D eigenvalue weighted by Gasteiger charge is 2.36. The summed E-state index contributed by atoms with van der Waals surface area (Å²) in [5.41, 5.74) is 0. The van der Waals surface area contributed by atoms with Crippen LogP contribution in [0.2, 0.25) is 0 Å². The van der Waals surface area contributed by atoms with E-state index in [1.54, 1.807) is 0 Å². The van der Waals surface area contributed by atoms with Crippen molar-refractivity contribution in [2.75, 3.05) is 11.5 Å². The molecule has 0 aromatic heterocycles. The summed E-state index contributed by atoms with van der Waals surface area (Å²) in [6.07, 6.45) is 3.66. The van der Waals surface area contributed by atoms with Gasteiger partial charge in [-0.3, -0.25) is 0 Å². The van der Waals surface area contributed by atoms with E-state index >= 15 is 0 Å². The third-order valence-electron chi connectivity index (χ3n) is 2.17. The third-order valence-corrected chi connectivity index (χ3v) is 5.11. The van der Waals surface area contributed by atoms with E-state index in [2.05, 4.69) is 6.92 Å². The zero-order valence-electron chi connectivity index (χ0n) is 6.88. The summed E-state index contributed by atoms with van der Waals surface area (Å²) in [7, 11) is 0.205. The van der Waals surface area contributed by atoms with Crippen molar-refractivity contribution in [1.82, 2.24) is 0 Å². The fraction of sp³-hybridized carbons (Fsp3) is 0.875. The van der Waals surface area contributed by atoms with E-state index in [-0.39, 0.29) is 10.9 Å². The Balaban J connectivity index is 2.37. The molecular formula is C8H15O2S+. The molecule has 0 spiro atoms. The predicted octanol–water partition coefficient (Wildman–Crippen LogP) is 1.26. The molecule has 1 N–H and O–H groups in total. The summed E-state index contributed by atoms with van der Waals surface area (Å²) in [6.45, 7) is 2.16. The zero-order chi connectivity index (χ0) is 8.27. The van der Waals surface area contributed by atoms with Crippen molar-refractivity contribution in [3.8, 4) is 0 Å². The molecule has 2 unspecified atom stereocenters. The molecule has 1 rings (SSSR count). The van der Waals surface area contributed by atoms with Gasteiger partial charge in [-0.1, -0.05) is 6.92 Å². The number of carboxylic acids is 1. The van der Waals surface area contributed by atoms with E-state index < -0.39 is 5.97 Å². The fourth-order valence-electron chi connectivity index (χ4n) is 1.62. The smallest absolute Gasteiger partial charge is 0.353 e. The Morgan fingerprint density at radius 3 is 3.00 bits per heavy atom. The lowest BCUT2D eigenvalue weighted by atomic mass is 10.2. The van der Waals surface area contributed by atoms with Gasteiger partial charge >= 0.3 is 5.97 Å². The first kappa shape index (κ1) is 8.91. The minimum atomic E-state index is -0.617. The van der Waals surface area contributed by atoms with Crippen LogP contribution in [0.15, 0.2) is 0 Å². The van der Waals surface area contributed by atoms with Crippen LogP contribution in [0.1, 0.15) is 26.2 Å². The molecule has 0 radical (unpaired) electrons. The summed E-state index contributed by atoms with van der Waals surface area (Å²) >= 11 is 0. The Labute approximate surface area is 70.3 Å². The van der Waals surface area contributed by atoms with Crippen LogP contribution in [0, 0.1) is 0 Å². The maximum Gasteiger partial charge on any atom is 0.353 e. The average molecular weight is 175 g/mol. The van der Waals surface area contributed by atoms with Gasteiger partial charge in [0, 0.05) is 10.9 Å². The number of hydrogen-bond acceptors (Lipinski definition) is 1. The highest BCUT2D eigenvalue weighted by molar-refractivity contribution is 7.98. The Hall–Kier alpha value is -0.180. The SMILES string of the molecule is CCC1CCC[S+]1CC(=O)O. The van der Waals surface area contributed by atoms with Crippen LogP contribution in [0.4, 0.5) is 0 Å². The highest BCUT2D eigenvalue weighted by atomic mass is 32.2. The van der Waals surface area contributed by atoms with Crippen LogP contribution in [-0.4, -0.2) is 27.8 Å². The first-order chi connectivity index (χ1) is 5.24. The molecule has 64 valence electrons. The Morgan fingerprint density at radius 2 is 2.45 bits per heavy atom. The molecule has 0 aromatic carbocycles. The van der Waals surface area contributed by atoms with Crippen LogP contribution in [0.5, 0.6) is 0 Å². The minimum absolute atomic E-state index is 0.205. The molecule has 3 heteroatoms. The molecule has 1 saturated heterocycles. The second kappa shape index (κ2) is 4.00. The van der Waals surface area contributed by atoms with Gasteiger partial charge in [0.05, 0.1) is 0 Å². The quantitative estimate of drug-likeness (QED) is 0.656. The van der Waals surface area contributed by atoms with Gasteiger partial charge in [-0.15, -0.1) is 0 Å². The Kier molecular flexibility index (Phi) is 3.24. The third kappa shape index (κ3) is 2.40. The van der Waals surface area contributed by atoms with Crippen LogP contribution in [-0.2, 0) is 15.7 Å². The molecule has 1 aliphatic heterocycles. The largest absolute Gasteiger partial charge is 0.478 e. The van der Waals surface area contributed by atoms with Crippen LogP contribution in [0.3, 0.4) is 0 Å². The second-order valence-corrected chi connectivity index (χ2v) is 5.39. The summed E-state index contributed by atoms with van der Waals surface area (Å²) in [4.78, 5) is 10.4. The number of carboxylic acid groups (broad SMARTS) is 1. The van der Waals surface area contributed by atoms with E-state index in [0.29, 0.717) is 11.0 Å². The minimum Gasteiger partial charge on any atom is -0.478 e. The summed E-state index contributed by atoms with van der Waals surface area (Å²) in [6, 6.07) is 0. The van der Waals surface area contributed by atoms with E-state index in [4.69, 9.17) is 5.11 Å². The molecular weight excluding hydrogens is 160 g/mol. The number of aliphatic carboxylic acids is 1. The van der Waals surface area contributed by atoms with Gasteiger partial charge < -0.3 is 5.11 Å². The number of rotatable bonds is 3. The Morgan fingerprint density at radius 1 is 1.73 bits per heavy atom. The van der Waals surface area contributed by atoms with Crippen molar-refractivity contribution in [1.29, 1.82) is 0 Å². The lowest BCUT2D eigenvalue weighted by Crippen LogP contribution is -2.24. The van der Waals surface area contributed by atoms with Gasteiger partial charge in [0.15, 0.2) is 0 Å². The normalized spacial score (nSPS) is 30.6. The fourth-order valence-corrected chi connectivity index (χ4v) is 4.16. The molecule has 1 aliphatic rings. The summed E-state index contributed by atoms with van der Waals surface area (Å²) in [5, 5.41) is 9.31. The second-order valence-electron chi connectivity index (χ2n) is 2.95. The van der Waals surface area contributed by atoms with Crippen molar-refractivity contribution in [2.45, 2.75) is 31.4 Å². The van der Waals surface area contributed by atoms with Gasteiger partial charge in [0.1, 0.15) is 11.0 Å². The standard InChI is InChI=1S/C8H14O2S/c1-2-7-4-3-5-11(7)6-8(9)10/h7H,2-6H2,1H3/p+1. The molecule has 0 aliphatic carbocycles. The molecule has 2 atom stereocenters. The first-order valence-electron chi connectivity index (χ1n) is 4.12. The lowest BCUT2D eigenvalue weighted by Gasteiger charge is -2.05. The zero-order valence-corrected chi connectivity index (χ0v) is 7.69. The first-order valence-corrected chi connectivity index (χ1v) is 5.74. The van der Waals surface area contributed by atoms with Gasteiger partial charge in [0.2, 0.25) is 5.75 Å². The van der Waals surface area contributed by atoms with E-state index in [1.165, 1.54) is 12.8 Å². The average Bonchev–Trinajstić information content (AvgIpc) is 2.34. The topological polar surface area (TPSA) is 37.3 Å². The highest BCUT2D eigenvalue weighted by Crippen LogP contribution is 2.24. The van der Waals surface area contributed by atoms with Crippen molar-refractivity contribution in [3.05, 3.63) is 0 Å². The molecule has 2 nitrogen and oxygen atoms in total. The maximum absolute atomic E-state index is 10.4. The molecule has 11 heavy (non-hydrogen) atoms. The molecule has 0 saturated carbocycles. The maximum atomic E-state index is 10.4. The van der Waals surface area contributed by atoms with Gasteiger partial charge in [-0.25, -0.2) is 4.79 Å². The van der Waals surface area contributed by atoms with Gasteiger partial charge in [0.25, 0.3) is 0 Å². The molecule has 1 fully saturated rings. The van der Waals surface area contributed by atoms with Crippen LogP contribution < -0.4 is 0 Å². The van der Waals surface area contributed by atoms with Crippen molar-refractivity contribution in [3.63, 3.8) is 0 Å². The van der Waals surface area contributed by atoms with Gasteiger partial charge in [-0.2, -0.15) is 0 Å². The molecule has 0 bridgehead atoms. The monoisotopic (exact) mass is 175 g/mol. The van der Waals surface area contributed by atoms with Crippen LogP contribution in [0.25, 0.3) is 0 Å². The summed E-state index contributed by atoms with van der Waals surface area (Å²) in [5.74, 6) is 0.956. The summed E-state index contributed by atoms with van der Waals surface area (Å²) < 4.78 is 0. The van der Waals surface area contributed by atoms with E-state index in [1.807, 2.05) is 0 Å². The van der Waals surface area contributed by atoms with Crippen molar-refractivity contribution >= 4 is 16.9 Å². The lowest BCUT2D eigenvalue weighted by molar-refractivity contribution is -0.133. The molecule has 0 aromatic rings. The van der Waals surface area contributed by atoms with E-state index in [0.717, 1.165) is 12.2 Å². The van der Waals surface area contributed by atoms with Crippen molar-refractivity contribution < 1.29 is 9.90 Å². The number of hydrogen-bond donors (Lipinski definition) is 1. The molecule has 0 amide bonds. The Bertz CT molecular complexity index is 147. The van der Waals surface area contributed by atoms with Gasteiger partial charge in [-0.05, 0) is 19.3 Å².